The van der Waals surface area contributed by atoms with Crippen molar-refractivity contribution < 1.29 is 0 Å². The molecule has 8 radical (unpaired) electrons. The predicted molar refractivity (Wildman–Crippen MR) is 99.0 cm³/mol. The van der Waals surface area contributed by atoms with Crippen molar-refractivity contribution in [1.29, 1.82) is 0 Å². The van der Waals surface area contributed by atoms with E-state index in [0.717, 1.165) is 0 Å². The van der Waals surface area contributed by atoms with Crippen LogP contribution in [0.15, 0.2) is 0 Å². The Balaban J connectivity index is -0.0000000369. The smallest absolute Gasteiger partial charge is 0.125 e. The minimum absolute atomic E-state index is 0. The Hall–Kier alpha value is 4.89. The molecule has 0 aromatic rings. The molecule has 0 aromatic heterocycles. The molecule has 0 rings (SSSR count). The number of rotatable bonds is 0. The van der Waals surface area contributed by atoms with E-state index in [1.165, 1.54) is 0 Å². The summed E-state index contributed by atoms with van der Waals surface area (Å²) in [5.41, 5.74) is 0. The van der Waals surface area contributed by atoms with E-state index in [9.17, 15) is 0 Å². The summed E-state index contributed by atoms with van der Waals surface area (Å²) in [5.74, 6) is 0. The summed E-state index contributed by atoms with van der Waals surface area (Å²) >= 11 is 58.9. The Labute approximate surface area is 175 Å². The molecule has 0 unspecified atom stereocenters. The average Bonchev–Trinajstić information content (AvgIpc) is 1.76. The van der Waals surface area contributed by atoms with Crippen molar-refractivity contribution in [3.63, 3.8) is 0 Å². The summed E-state index contributed by atoms with van der Waals surface area (Å²) in [6.45, 7) is -5.85. The van der Waals surface area contributed by atoms with E-state index in [2.05, 4.69) is 0 Å². The first-order valence-electron chi connectivity index (χ1n) is 2.27. The molecule has 0 aromatic carbocycles. The first kappa shape index (κ1) is 33.5. The summed E-state index contributed by atoms with van der Waals surface area (Å²) in [4.78, 5) is 0. The normalized spacial score (nSPS) is 8.47. The number of halogens is 12. The topological polar surface area (TPSA) is 0 Å². The molecule has 0 aliphatic rings. The maximum Gasteiger partial charge on any atom is 0.376 e. The molecule has 0 fully saturated rings. The van der Waals surface area contributed by atoms with Gasteiger partial charge in [-0.05, 0) is 0 Å². The van der Waals surface area contributed by atoms with Crippen molar-refractivity contribution >= 4 is 177 Å². The van der Waals surface area contributed by atoms with Crippen LogP contribution in [0.5, 0.6) is 0 Å². The van der Waals surface area contributed by atoms with E-state index < -0.39 is 26.9 Å². The van der Waals surface area contributed by atoms with Crippen molar-refractivity contribution in [2.45, 2.75) is 0 Å². The monoisotopic (exact) mass is 605 g/mol. The van der Waals surface area contributed by atoms with Crippen molar-refractivity contribution in [1.82, 2.24) is 0 Å². The Kier molecular flexibility index (Phi) is 57.1. The van der Waals surface area contributed by atoms with Gasteiger partial charge in [0.25, 0.3) is 0 Å². The van der Waals surface area contributed by atoms with Crippen LogP contribution in [0.1, 0.15) is 0 Å². The molecular formula is Cl12GeSi4. The van der Waals surface area contributed by atoms with Gasteiger partial charge < -0.3 is 0 Å². The zero-order chi connectivity index (χ0) is 14.3. The van der Waals surface area contributed by atoms with Crippen LogP contribution in [0.3, 0.4) is 0 Å². The van der Waals surface area contributed by atoms with Crippen LogP contribution in [0.2, 0.25) is 0 Å². The van der Waals surface area contributed by atoms with Gasteiger partial charge in [-0.15, -0.1) is 133 Å². The molecule has 0 saturated heterocycles. The zero-order valence-electron chi connectivity index (χ0n) is 7.04. The van der Waals surface area contributed by atoms with Crippen LogP contribution >= 0.6 is 133 Å². The largest absolute Gasteiger partial charge is 0.376 e. The van der Waals surface area contributed by atoms with Crippen LogP contribution in [0.25, 0.3) is 0 Å². The SMILES string of the molecule is Cl[Si](Cl)Cl.Cl[Si](Cl)Cl.Cl[Si](Cl)Cl.Cl[Si](Cl)Cl.[Ge]. The van der Waals surface area contributed by atoms with Crippen LogP contribution < -0.4 is 0 Å². The Morgan fingerprint density at radius 3 is 0.294 bits per heavy atom. The Morgan fingerprint density at radius 2 is 0.294 bits per heavy atom. The van der Waals surface area contributed by atoms with Gasteiger partial charge in [-0.3, -0.25) is 0 Å². The maximum absolute atomic E-state index is 4.91. The molecule has 0 amide bonds. The third-order valence-electron chi connectivity index (χ3n) is 0. The van der Waals surface area contributed by atoms with E-state index in [1.54, 1.807) is 0 Å². The van der Waals surface area contributed by atoms with E-state index in [0.29, 0.717) is 0 Å². The molecule has 0 aliphatic heterocycles. The van der Waals surface area contributed by atoms with Gasteiger partial charge in [0.1, 0.15) is 0 Å². The molecule has 0 atom stereocenters. The predicted octanol–water partition coefficient (Wildman–Crippen LogP) is 6.37. The second-order valence-electron chi connectivity index (χ2n) is 0.857. The van der Waals surface area contributed by atoms with E-state index in [4.69, 9.17) is 133 Å². The van der Waals surface area contributed by atoms with Crippen LogP contribution in [0, 0.1) is 0 Å². The molecule has 0 heterocycles. The van der Waals surface area contributed by atoms with Crippen molar-refractivity contribution in [2.75, 3.05) is 0 Å². The molecule has 0 spiro atoms. The van der Waals surface area contributed by atoms with Crippen LogP contribution in [0.4, 0.5) is 0 Å². The molecule has 17 heavy (non-hydrogen) atoms. The molecule has 0 nitrogen and oxygen atoms in total. The molecular weight excluding hydrogens is 610 g/mol. The summed E-state index contributed by atoms with van der Waals surface area (Å²) in [5, 5.41) is 0. The van der Waals surface area contributed by atoms with Gasteiger partial charge in [0.15, 0.2) is 0 Å². The molecule has 17 heteroatoms. The molecule has 0 bridgehead atoms. The van der Waals surface area contributed by atoms with E-state index >= 15 is 0 Å². The fourth-order valence-electron chi connectivity index (χ4n) is 0. The van der Waals surface area contributed by atoms with Gasteiger partial charge in [-0.1, -0.05) is 0 Å². The summed E-state index contributed by atoms with van der Waals surface area (Å²) in [7, 11) is 0. The number of hydrogen-bond donors (Lipinski definition) is 0. The fraction of sp³-hybridized carbons (Fsp3) is 0. The van der Waals surface area contributed by atoms with Gasteiger partial charge >= 0.3 is 26.9 Å². The minimum atomic E-state index is -1.46. The second-order valence-corrected chi connectivity index (χ2v) is 23.1. The third-order valence-corrected chi connectivity index (χ3v) is 0. The van der Waals surface area contributed by atoms with Crippen LogP contribution in [-0.2, 0) is 0 Å². The second kappa shape index (κ2) is 29.0. The number of hydrogen-bond acceptors (Lipinski definition) is 0. The van der Waals surface area contributed by atoms with Gasteiger partial charge in [0, 0.05) is 17.6 Å². The molecule has 0 N–H and O–H groups in total. The molecule has 0 saturated carbocycles. The maximum atomic E-state index is 4.91. The summed E-state index contributed by atoms with van der Waals surface area (Å²) in [6.07, 6.45) is 0. The zero-order valence-corrected chi connectivity index (χ0v) is 22.2. The van der Waals surface area contributed by atoms with Gasteiger partial charge in [0.2, 0.25) is 0 Å². The van der Waals surface area contributed by atoms with Crippen molar-refractivity contribution in [3.05, 3.63) is 0 Å². The van der Waals surface area contributed by atoms with Gasteiger partial charge in [0.05, 0.1) is 0 Å². The first-order valence-corrected chi connectivity index (χ1v) is 20.4. The summed E-state index contributed by atoms with van der Waals surface area (Å²) in [6, 6.07) is 0. The third kappa shape index (κ3) is 312. The van der Waals surface area contributed by atoms with Gasteiger partial charge in [-0.25, -0.2) is 0 Å². The first-order chi connectivity index (χ1) is 6.93. The summed E-state index contributed by atoms with van der Waals surface area (Å²) < 4.78 is 0. The standard InChI is InChI=1S/4Cl3Si.Ge/c4*1-4(2)3;. The van der Waals surface area contributed by atoms with Gasteiger partial charge in [-0.2, -0.15) is 0 Å². The van der Waals surface area contributed by atoms with E-state index in [1.807, 2.05) is 0 Å². The van der Waals surface area contributed by atoms with Crippen LogP contribution in [-0.4, -0.2) is 44.5 Å². The van der Waals surface area contributed by atoms with E-state index in [-0.39, 0.29) is 17.6 Å². The Bertz CT molecular complexity index is 61.5. The quantitative estimate of drug-likeness (QED) is 0.221. The molecule has 0 aliphatic carbocycles. The minimum Gasteiger partial charge on any atom is -0.125 e. The Morgan fingerprint density at radius 1 is 0.294 bits per heavy atom. The van der Waals surface area contributed by atoms with Crippen molar-refractivity contribution in [2.24, 2.45) is 0 Å². The van der Waals surface area contributed by atoms with Crippen molar-refractivity contribution in [3.8, 4) is 0 Å². The molecule has 104 valence electrons. The fourth-order valence-corrected chi connectivity index (χ4v) is 0. The average molecular weight is 610 g/mol.